The van der Waals surface area contributed by atoms with E-state index in [1.54, 1.807) is 6.07 Å². The highest BCUT2D eigenvalue weighted by Crippen LogP contribution is 2.12. The smallest absolute Gasteiger partial charge is 0.338 e. The molecular weight excluding hydrogens is 204 g/mol. The Bertz CT molecular complexity index is 347. The number of carbonyl (C=O) groups is 1. The molecule has 0 radical (unpaired) electrons. The maximum Gasteiger partial charge on any atom is 0.338 e. The maximum absolute atomic E-state index is 11.5. The van der Waals surface area contributed by atoms with Crippen molar-refractivity contribution >= 4 is 5.97 Å². The van der Waals surface area contributed by atoms with Crippen LogP contribution in [0.4, 0.5) is 0 Å². The van der Waals surface area contributed by atoms with Gasteiger partial charge in [0.15, 0.2) is 0 Å². The molecule has 0 aliphatic carbocycles. The van der Waals surface area contributed by atoms with Gasteiger partial charge in [-0.3, -0.25) is 0 Å². The summed E-state index contributed by atoms with van der Waals surface area (Å²) >= 11 is 0. The van der Waals surface area contributed by atoms with Gasteiger partial charge in [-0.25, -0.2) is 4.79 Å². The first-order valence-electron chi connectivity index (χ1n) is 5.46. The first kappa shape index (κ1) is 12.7. The van der Waals surface area contributed by atoms with Crippen LogP contribution in [-0.2, 0) is 16.1 Å². The highest BCUT2D eigenvalue weighted by molar-refractivity contribution is 5.90. The van der Waals surface area contributed by atoms with Crippen molar-refractivity contribution in [3.05, 3.63) is 35.4 Å². The van der Waals surface area contributed by atoms with Gasteiger partial charge in [-0.2, -0.15) is 0 Å². The van der Waals surface area contributed by atoms with E-state index in [0.29, 0.717) is 12.2 Å². The lowest BCUT2D eigenvalue weighted by Crippen LogP contribution is -2.10. The number of carbonyl (C=O) groups excluding carboxylic acids is 1. The van der Waals surface area contributed by atoms with E-state index < -0.39 is 0 Å². The summed E-state index contributed by atoms with van der Waals surface area (Å²) in [4.78, 5) is 11.5. The number of hydrogen-bond acceptors (Lipinski definition) is 3. The molecule has 0 saturated heterocycles. The number of benzene rings is 1. The molecule has 0 aliphatic heterocycles. The van der Waals surface area contributed by atoms with Crippen molar-refractivity contribution < 1.29 is 14.3 Å². The largest absolute Gasteiger partial charge is 0.465 e. The van der Waals surface area contributed by atoms with Gasteiger partial charge in [-0.15, -0.1) is 0 Å². The summed E-state index contributed by atoms with van der Waals surface area (Å²) in [5, 5.41) is 0. The lowest BCUT2D eigenvalue weighted by atomic mass is 10.1. The number of rotatable bonds is 5. The minimum Gasteiger partial charge on any atom is -0.465 e. The van der Waals surface area contributed by atoms with E-state index in [1.165, 1.54) is 7.11 Å². The van der Waals surface area contributed by atoms with Crippen LogP contribution < -0.4 is 0 Å². The third kappa shape index (κ3) is 3.35. The van der Waals surface area contributed by atoms with Gasteiger partial charge in [0.25, 0.3) is 0 Å². The van der Waals surface area contributed by atoms with Crippen molar-refractivity contribution in [2.24, 2.45) is 0 Å². The van der Waals surface area contributed by atoms with Crippen LogP contribution in [0.1, 0.15) is 36.2 Å². The van der Waals surface area contributed by atoms with E-state index >= 15 is 0 Å². The van der Waals surface area contributed by atoms with Gasteiger partial charge in [0.2, 0.25) is 0 Å². The molecule has 0 saturated carbocycles. The standard InChI is InChI=1S/C13H18O3/c1-4-10(2)16-9-11-7-5-6-8-12(11)13(14)15-3/h5-8,10H,4,9H2,1-3H3. The molecule has 0 N–H and O–H groups in total. The molecule has 1 aromatic rings. The lowest BCUT2D eigenvalue weighted by molar-refractivity contribution is 0.0473. The van der Waals surface area contributed by atoms with Gasteiger partial charge in [0.1, 0.15) is 0 Å². The molecule has 88 valence electrons. The van der Waals surface area contributed by atoms with E-state index in [1.807, 2.05) is 25.1 Å². The predicted octanol–water partition coefficient (Wildman–Crippen LogP) is 2.79. The fraction of sp³-hybridized carbons (Fsp3) is 0.462. The number of methoxy groups -OCH3 is 1. The Balaban J connectivity index is 2.75. The predicted molar refractivity (Wildman–Crippen MR) is 62.3 cm³/mol. The highest BCUT2D eigenvalue weighted by Gasteiger charge is 2.11. The van der Waals surface area contributed by atoms with E-state index in [9.17, 15) is 4.79 Å². The van der Waals surface area contributed by atoms with Crippen LogP contribution in [0.5, 0.6) is 0 Å². The third-order valence-electron chi connectivity index (χ3n) is 2.52. The molecular formula is C13H18O3. The monoisotopic (exact) mass is 222 g/mol. The molecule has 1 unspecified atom stereocenters. The summed E-state index contributed by atoms with van der Waals surface area (Å²) in [6.45, 7) is 4.53. The zero-order valence-corrected chi connectivity index (χ0v) is 10.0. The van der Waals surface area contributed by atoms with Gasteiger partial charge in [0, 0.05) is 0 Å². The van der Waals surface area contributed by atoms with Gasteiger partial charge in [-0.05, 0) is 25.0 Å². The van der Waals surface area contributed by atoms with Gasteiger partial charge >= 0.3 is 5.97 Å². The van der Waals surface area contributed by atoms with Gasteiger partial charge in [0.05, 0.1) is 25.4 Å². The molecule has 1 aromatic carbocycles. The summed E-state index contributed by atoms with van der Waals surface area (Å²) < 4.78 is 10.3. The normalized spacial score (nSPS) is 12.2. The molecule has 1 atom stereocenters. The topological polar surface area (TPSA) is 35.5 Å². The molecule has 3 nitrogen and oxygen atoms in total. The van der Waals surface area contributed by atoms with Crippen LogP contribution in [0.3, 0.4) is 0 Å². The Morgan fingerprint density at radius 3 is 2.69 bits per heavy atom. The van der Waals surface area contributed by atoms with Crippen molar-refractivity contribution in [2.75, 3.05) is 7.11 Å². The van der Waals surface area contributed by atoms with E-state index in [2.05, 4.69) is 6.92 Å². The Morgan fingerprint density at radius 2 is 2.06 bits per heavy atom. The van der Waals surface area contributed by atoms with Crippen LogP contribution in [-0.4, -0.2) is 19.2 Å². The van der Waals surface area contributed by atoms with Crippen molar-refractivity contribution in [3.63, 3.8) is 0 Å². The second-order valence-corrected chi connectivity index (χ2v) is 3.68. The van der Waals surface area contributed by atoms with Crippen molar-refractivity contribution in [1.82, 2.24) is 0 Å². The summed E-state index contributed by atoms with van der Waals surface area (Å²) in [7, 11) is 1.38. The zero-order valence-electron chi connectivity index (χ0n) is 10.0. The Morgan fingerprint density at radius 1 is 1.38 bits per heavy atom. The minimum absolute atomic E-state index is 0.200. The van der Waals surface area contributed by atoms with Crippen molar-refractivity contribution in [1.29, 1.82) is 0 Å². The summed E-state index contributed by atoms with van der Waals surface area (Å²) in [6, 6.07) is 7.34. The Labute approximate surface area is 96.4 Å². The summed E-state index contributed by atoms with van der Waals surface area (Å²) in [6.07, 6.45) is 1.16. The van der Waals surface area contributed by atoms with Crippen molar-refractivity contribution in [3.8, 4) is 0 Å². The van der Waals surface area contributed by atoms with E-state index in [4.69, 9.17) is 9.47 Å². The molecule has 0 fully saturated rings. The van der Waals surface area contributed by atoms with Crippen LogP contribution in [0, 0.1) is 0 Å². The second kappa shape index (κ2) is 6.28. The Kier molecular flexibility index (Phi) is 4.99. The lowest BCUT2D eigenvalue weighted by Gasteiger charge is -2.12. The van der Waals surface area contributed by atoms with Crippen LogP contribution >= 0.6 is 0 Å². The molecule has 0 spiro atoms. The van der Waals surface area contributed by atoms with Crippen LogP contribution in [0.2, 0.25) is 0 Å². The molecule has 0 aliphatic rings. The minimum atomic E-state index is -0.316. The highest BCUT2D eigenvalue weighted by atomic mass is 16.5. The number of ether oxygens (including phenoxy) is 2. The molecule has 1 rings (SSSR count). The summed E-state index contributed by atoms with van der Waals surface area (Å²) in [5.74, 6) is -0.316. The molecule has 0 aromatic heterocycles. The molecule has 0 amide bonds. The quantitative estimate of drug-likeness (QED) is 0.719. The molecule has 0 heterocycles. The van der Waals surface area contributed by atoms with Crippen LogP contribution in [0.15, 0.2) is 24.3 Å². The van der Waals surface area contributed by atoms with E-state index in [0.717, 1.165) is 12.0 Å². The van der Waals surface area contributed by atoms with Crippen LogP contribution in [0.25, 0.3) is 0 Å². The molecule has 3 heteroatoms. The number of esters is 1. The number of hydrogen-bond donors (Lipinski definition) is 0. The fourth-order valence-electron chi connectivity index (χ4n) is 1.31. The van der Waals surface area contributed by atoms with Gasteiger partial charge in [-0.1, -0.05) is 25.1 Å². The second-order valence-electron chi connectivity index (χ2n) is 3.68. The SMILES string of the molecule is CCC(C)OCc1ccccc1C(=O)OC. The zero-order chi connectivity index (χ0) is 12.0. The maximum atomic E-state index is 11.5. The summed E-state index contributed by atoms with van der Waals surface area (Å²) in [5.41, 5.74) is 1.45. The average molecular weight is 222 g/mol. The van der Waals surface area contributed by atoms with Crippen molar-refractivity contribution in [2.45, 2.75) is 33.0 Å². The van der Waals surface area contributed by atoms with E-state index in [-0.39, 0.29) is 12.1 Å². The van der Waals surface area contributed by atoms with Gasteiger partial charge < -0.3 is 9.47 Å². The Hall–Kier alpha value is -1.35. The first-order valence-corrected chi connectivity index (χ1v) is 5.46. The fourth-order valence-corrected chi connectivity index (χ4v) is 1.31. The first-order chi connectivity index (χ1) is 7.69. The third-order valence-corrected chi connectivity index (χ3v) is 2.52. The average Bonchev–Trinajstić information content (AvgIpc) is 2.35. The molecule has 16 heavy (non-hydrogen) atoms. The molecule has 0 bridgehead atoms.